The smallest absolute Gasteiger partial charge is 0.0656 e. The number of fused-ring (bicyclic) bond motifs is 20. The van der Waals surface area contributed by atoms with Crippen molar-refractivity contribution in [2.75, 3.05) is 0 Å². The fraction of sp³-hybridized carbons (Fsp3) is 0.129. The lowest BCUT2D eigenvalue weighted by molar-refractivity contribution is 0.590. The van der Waals surface area contributed by atoms with Gasteiger partial charge in [-0.25, -0.2) is 0 Å². The van der Waals surface area contributed by atoms with E-state index in [4.69, 9.17) is 0 Å². The molecule has 0 aliphatic heterocycles. The first kappa shape index (κ1) is 38.5. The standard InChI is InChI=1S/C62H47BrN2/c1-61(2,3)36-26-30-50-48(34-36)49-35-37(62(4,5)6)27-31-51(49)64(50)54-24-15-25-55(60(54)63)65-52-32-28-46-42-20-9-7-16-38(42)40-18-11-13-22-44(40)56(46)58(52)59-53(65)33-29-47-43-21-10-8-17-39(43)41-19-12-14-23-45(41)57(47)59/h7-35H,1-6H3. The molecular formula is C62H47BrN2. The number of benzene rings is 11. The van der Waals surface area contributed by atoms with E-state index < -0.39 is 0 Å². The first-order valence-electron chi connectivity index (χ1n) is 22.9. The molecule has 0 atom stereocenters. The van der Waals surface area contributed by atoms with Gasteiger partial charge in [-0.15, -0.1) is 0 Å². The van der Waals surface area contributed by atoms with Gasteiger partial charge in [-0.05, 0) is 140 Å². The Bertz CT molecular complexity index is 3890. The molecule has 0 fully saturated rings. The third-order valence-corrected chi connectivity index (χ3v) is 15.3. The molecule has 0 bridgehead atoms. The lowest BCUT2D eigenvalue weighted by Gasteiger charge is -2.19. The van der Waals surface area contributed by atoms with Gasteiger partial charge in [0, 0.05) is 32.3 Å². The van der Waals surface area contributed by atoms with E-state index in [2.05, 4.69) is 243 Å². The Hall–Kier alpha value is -6.94. The Kier molecular flexibility index (Phi) is 8.03. The van der Waals surface area contributed by atoms with E-state index in [-0.39, 0.29) is 10.8 Å². The molecule has 65 heavy (non-hydrogen) atoms. The molecule has 0 saturated heterocycles. The van der Waals surface area contributed by atoms with Crippen molar-refractivity contribution in [2.45, 2.75) is 52.4 Å². The summed E-state index contributed by atoms with van der Waals surface area (Å²) < 4.78 is 6.06. The van der Waals surface area contributed by atoms with Crippen LogP contribution in [0.5, 0.6) is 0 Å². The van der Waals surface area contributed by atoms with Gasteiger partial charge < -0.3 is 9.13 Å². The third kappa shape index (κ3) is 5.40. The second-order valence-corrected chi connectivity index (χ2v) is 21.0. The highest BCUT2D eigenvalue weighted by molar-refractivity contribution is 9.10. The van der Waals surface area contributed by atoms with Crippen LogP contribution in [0.1, 0.15) is 52.7 Å². The largest absolute Gasteiger partial charge is 0.308 e. The highest BCUT2D eigenvalue weighted by Gasteiger charge is 2.26. The quantitative estimate of drug-likeness (QED) is 0.153. The minimum atomic E-state index is 0.0187. The molecule has 0 amide bonds. The van der Waals surface area contributed by atoms with Gasteiger partial charge in [-0.2, -0.15) is 0 Å². The van der Waals surface area contributed by atoms with Crippen LogP contribution in [0.15, 0.2) is 180 Å². The van der Waals surface area contributed by atoms with Crippen LogP contribution in [0, 0.1) is 0 Å². The van der Waals surface area contributed by atoms with Gasteiger partial charge in [-0.1, -0.05) is 169 Å². The summed E-state index contributed by atoms with van der Waals surface area (Å²) in [7, 11) is 0. The maximum Gasteiger partial charge on any atom is 0.0656 e. The van der Waals surface area contributed by atoms with E-state index >= 15 is 0 Å². The van der Waals surface area contributed by atoms with Crippen molar-refractivity contribution in [3.8, 4) is 11.4 Å². The lowest BCUT2D eigenvalue weighted by Crippen LogP contribution is -2.10. The predicted molar refractivity (Wildman–Crippen MR) is 285 cm³/mol. The molecule has 0 spiro atoms. The summed E-state index contributed by atoms with van der Waals surface area (Å²) in [6, 6.07) is 66.5. The van der Waals surface area contributed by atoms with Crippen LogP contribution < -0.4 is 0 Å². The van der Waals surface area contributed by atoms with E-state index in [0.717, 1.165) is 15.8 Å². The monoisotopic (exact) mass is 898 g/mol. The number of hydrogen-bond donors (Lipinski definition) is 0. The fourth-order valence-corrected chi connectivity index (χ4v) is 11.9. The normalized spacial score (nSPS) is 12.8. The molecule has 11 aromatic carbocycles. The molecule has 2 heterocycles. The molecular weight excluding hydrogens is 853 g/mol. The topological polar surface area (TPSA) is 9.86 Å². The molecule has 13 aromatic rings. The first-order chi connectivity index (χ1) is 31.5. The third-order valence-electron chi connectivity index (χ3n) is 14.4. The van der Waals surface area contributed by atoms with Crippen LogP contribution in [0.25, 0.3) is 120 Å². The molecule has 0 unspecified atom stereocenters. The molecule has 3 heteroatoms. The average Bonchev–Trinajstić information content (AvgIpc) is 3.83. The van der Waals surface area contributed by atoms with Gasteiger partial charge in [0.1, 0.15) is 0 Å². The van der Waals surface area contributed by atoms with Crippen molar-refractivity contribution in [1.82, 2.24) is 9.13 Å². The summed E-state index contributed by atoms with van der Waals surface area (Å²) in [5, 5.41) is 20.5. The molecule has 312 valence electrons. The summed E-state index contributed by atoms with van der Waals surface area (Å²) in [6.45, 7) is 13.8. The zero-order valence-corrected chi connectivity index (χ0v) is 39.1. The average molecular weight is 900 g/mol. The Morgan fingerprint density at radius 3 is 0.969 bits per heavy atom. The maximum atomic E-state index is 4.36. The number of halogens is 1. The van der Waals surface area contributed by atoms with Crippen LogP contribution in [0.4, 0.5) is 0 Å². The van der Waals surface area contributed by atoms with Gasteiger partial charge in [0.05, 0.1) is 37.9 Å². The van der Waals surface area contributed by atoms with Crippen LogP contribution in [-0.4, -0.2) is 9.13 Å². The minimum Gasteiger partial charge on any atom is -0.308 e. The van der Waals surface area contributed by atoms with Gasteiger partial charge in [0.25, 0.3) is 0 Å². The zero-order valence-electron chi connectivity index (χ0n) is 37.5. The number of rotatable bonds is 2. The van der Waals surface area contributed by atoms with Crippen LogP contribution in [0.2, 0.25) is 0 Å². The van der Waals surface area contributed by atoms with Crippen LogP contribution >= 0.6 is 15.9 Å². The summed E-state index contributed by atoms with van der Waals surface area (Å²) in [5.74, 6) is 0. The zero-order chi connectivity index (χ0) is 44.1. The SMILES string of the molecule is CC(C)(C)c1ccc2c(c1)c1cc(C(C)(C)C)ccc1n2-c1cccc(-n2c3ccc4c5ccccc5c5ccccc5c4c3c3c4c5ccccc5c5ccccc5c4ccc32)c1Br. The molecule has 0 N–H and O–H groups in total. The Morgan fingerprint density at radius 1 is 0.292 bits per heavy atom. The second-order valence-electron chi connectivity index (χ2n) is 20.2. The lowest BCUT2D eigenvalue weighted by atomic mass is 9.85. The van der Waals surface area contributed by atoms with Crippen molar-refractivity contribution in [3.05, 3.63) is 192 Å². The highest BCUT2D eigenvalue weighted by Crippen LogP contribution is 2.49. The molecule has 0 radical (unpaired) electrons. The van der Waals surface area contributed by atoms with E-state index in [0.29, 0.717) is 0 Å². The van der Waals surface area contributed by atoms with Gasteiger partial charge in [-0.3, -0.25) is 0 Å². The Morgan fingerprint density at radius 2 is 0.600 bits per heavy atom. The molecule has 0 aliphatic rings. The van der Waals surface area contributed by atoms with Crippen LogP contribution in [-0.2, 0) is 10.8 Å². The first-order valence-corrected chi connectivity index (χ1v) is 23.7. The van der Waals surface area contributed by atoms with Crippen molar-refractivity contribution >= 4 is 124 Å². The second kappa shape index (κ2) is 13.5. The number of hydrogen-bond acceptors (Lipinski definition) is 0. The van der Waals surface area contributed by atoms with E-state index in [1.54, 1.807) is 0 Å². The van der Waals surface area contributed by atoms with Crippen molar-refractivity contribution in [1.29, 1.82) is 0 Å². The summed E-state index contributed by atoms with van der Waals surface area (Å²) in [6.07, 6.45) is 0. The minimum absolute atomic E-state index is 0.0187. The van der Waals surface area contributed by atoms with E-state index in [1.165, 1.54) is 119 Å². The van der Waals surface area contributed by atoms with Gasteiger partial charge >= 0.3 is 0 Å². The Balaban J connectivity index is 1.21. The van der Waals surface area contributed by atoms with Gasteiger partial charge in [0.2, 0.25) is 0 Å². The van der Waals surface area contributed by atoms with Crippen molar-refractivity contribution < 1.29 is 0 Å². The predicted octanol–water partition coefficient (Wildman–Crippen LogP) is 18.2. The summed E-state index contributed by atoms with van der Waals surface area (Å²) in [5.41, 5.74) is 9.69. The maximum absolute atomic E-state index is 4.36. The molecule has 0 aliphatic carbocycles. The van der Waals surface area contributed by atoms with Crippen molar-refractivity contribution in [2.24, 2.45) is 0 Å². The fourth-order valence-electron chi connectivity index (χ4n) is 11.3. The van der Waals surface area contributed by atoms with E-state index in [9.17, 15) is 0 Å². The summed E-state index contributed by atoms with van der Waals surface area (Å²) in [4.78, 5) is 0. The molecule has 13 rings (SSSR count). The van der Waals surface area contributed by atoms with Crippen LogP contribution in [0.3, 0.4) is 0 Å². The van der Waals surface area contributed by atoms with E-state index in [1.807, 2.05) is 0 Å². The number of nitrogens with zero attached hydrogens (tertiary/aromatic N) is 2. The number of aromatic nitrogens is 2. The van der Waals surface area contributed by atoms with Gasteiger partial charge in [0.15, 0.2) is 0 Å². The Labute approximate surface area is 386 Å². The highest BCUT2D eigenvalue weighted by atomic mass is 79.9. The molecule has 2 nitrogen and oxygen atoms in total. The molecule has 2 aromatic heterocycles. The molecule has 0 saturated carbocycles. The van der Waals surface area contributed by atoms with Crippen molar-refractivity contribution in [3.63, 3.8) is 0 Å². The summed E-state index contributed by atoms with van der Waals surface area (Å²) >= 11 is 4.36.